The molecule has 1 rings (SSSR count). The summed E-state index contributed by atoms with van der Waals surface area (Å²) in [5.74, 6) is -0.211. The predicted molar refractivity (Wildman–Crippen MR) is 51.3 cm³/mol. The Labute approximate surface area is 79.1 Å². The van der Waals surface area contributed by atoms with Gasteiger partial charge in [-0.1, -0.05) is 12.1 Å². The van der Waals surface area contributed by atoms with E-state index in [1.807, 2.05) is 6.07 Å². The summed E-state index contributed by atoms with van der Waals surface area (Å²) < 4.78 is 23.0. The fraction of sp³-hybridized carbons (Fsp3) is 0.333. The molecule has 2 nitrogen and oxygen atoms in total. The van der Waals surface area contributed by atoms with E-state index in [-0.39, 0.29) is 5.82 Å². The van der Waals surface area contributed by atoms with Gasteiger partial charge in [0.25, 0.3) is 0 Å². The Morgan fingerprint density at radius 2 is 2.00 bits per heavy atom. The topological polar surface area (TPSA) is 18.5 Å². The van der Waals surface area contributed by atoms with Gasteiger partial charge in [-0.15, -0.1) is 0 Å². The molecule has 0 atom stereocenters. The lowest BCUT2D eigenvalue weighted by Crippen LogP contribution is -2.22. The van der Waals surface area contributed by atoms with Crippen LogP contribution in [0.4, 0.5) is 4.39 Å². The van der Waals surface area contributed by atoms with Crippen LogP contribution in [0.1, 0.15) is 5.56 Å². The van der Waals surface area contributed by atoms with Gasteiger partial charge in [0, 0.05) is 20.3 Å². The molecular weight excluding hydrogens is 187 g/mol. The van der Waals surface area contributed by atoms with E-state index in [0.29, 0.717) is 6.04 Å². The van der Waals surface area contributed by atoms with Gasteiger partial charge in [0.05, 0.1) is 0 Å². The minimum absolute atomic E-state index is 0.211. The Kier molecular flexibility index (Phi) is 4.08. The number of benzene rings is 1. The molecule has 4 heteroatoms. The van der Waals surface area contributed by atoms with Crippen LogP contribution in [0.25, 0.3) is 0 Å². The molecule has 1 aromatic carbocycles. The average Bonchev–Trinajstić information content (AvgIpc) is 2.14. The maximum Gasteiger partial charge on any atom is 0.325 e. The van der Waals surface area contributed by atoms with E-state index >= 15 is 0 Å². The second-order valence-corrected chi connectivity index (χ2v) is 4.95. The lowest BCUT2D eigenvalue weighted by atomic mass is 10.2. The first-order valence-electron chi connectivity index (χ1n) is 4.06. The third-order valence-corrected chi connectivity index (χ3v) is 3.67. The zero-order chi connectivity index (χ0) is 9.68. The molecule has 13 heavy (non-hydrogen) atoms. The molecule has 0 aliphatic rings. The lowest BCUT2D eigenvalue weighted by molar-refractivity contribution is 0.277. The number of rotatable bonds is 4. The Balaban J connectivity index is 2.62. The van der Waals surface area contributed by atoms with Crippen LogP contribution in [-0.4, -0.2) is 23.5 Å². The Morgan fingerprint density at radius 1 is 1.31 bits per heavy atom. The highest BCUT2D eigenvalue weighted by molar-refractivity contribution is 6.43. The predicted octanol–water partition coefficient (Wildman–Crippen LogP) is 1.42. The molecule has 0 amide bonds. The van der Waals surface area contributed by atoms with Crippen LogP contribution in [0.2, 0.25) is 0 Å². The zero-order valence-corrected chi connectivity index (χ0v) is 8.94. The maximum absolute atomic E-state index is 12.8. The Bertz CT molecular complexity index is 264. The molecule has 0 aliphatic carbocycles. The highest BCUT2D eigenvalue weighted by Gasteiger charge is 2.10. The molecule has 1 aromatic rings. The van der Waals surface area contributed by atoms with Crippen LogP contribution in [0, 0.1) is 5.82 Å². The third-order valence-electron chi connectivity index (χ3n) is 1.82. The maximum atomic E-state index is 12.8. The Morgan fingerprint density at radius 3 is 2.54 bits per heavy atom. The van der Waals surface area contributed by atoms with E-state index in [4.69, 9.17) is 8.85 Å². The van der Waals surface area contributed by atoms with Crippen LogP contribution < -0.4 is 0 Å². The lowest BCUT2D eigenvalue weighted by Gasteiger charge is -2.10. The second-order valence-electron chi connectivity index (χ2n) is 2.74. The summed E-state index contributed by atoms with van der Waals surface area (Å²) in [6, 6.07) is 7.21. The molecule has 0 radical (unpaired) electrons. The summed E-state index contributed by atoms with van der Waals surface area (Å²) in [6.45, 7) is 0. The largest absolute Gasteiger partial charge is 0.400 e. The van der Waals surface area contributed by atoms with Gasteiger partial charge in [0.2, 0.25) is 0 Å². The van der Waals surface area contributed by atoms with E-state index in [1.54, 1.807) is 20.3 Å². The van der Waals surface area contributed by atoms with Crippen molar-refractivity contribution >= 4 is 9.28 Å². The number of halogens is 1. The minimum atomic E-state index is -1.61. The van der Waals surface area contributed by atoms with Gasteiger partial charge in [-0.3, -0.25) is 0 Å². The van der Waals surface area contributed by atoms with Crippen LogP contribution in [0.5, 0.6) is 0 Å². The van der Waals surface area contributed by atoms with E-state index < -0.39 is 9.28 Å². The van der Waals surface area contributed by atoms with Crippen molar-refractivity contribution in [2.24, 2.45) is 0 Å². The molecule has 0 bridgehead atoms. The van der Waals surface area contributed by atoms with Crippen molar-refractivity contribution < 1.29 is 13.2 Å². The summed E-state index contributed by atoms with van der Waals surface area (Å²) in [5.41, 5.74) is 0.931. The molecule has 0 unspecified atom stereocenters. The summed E-state index contributed by atoms with van der Waals surface area (Å²) in [5, 5.41) is 0. The molecule has 72 valence electrons. The van der Waals surface area contributed by atoms with Crippen LogP contribution >= 0.6 is 0 Å². The van der Waals surface area contributed by atoms with Crippen molar-refractivity contribution in [3.63, 3.8) is 0 Å². The summed E-state index contributed by atoms with van der Waals surface area (Å²) in [7, 11) is 1.64. The fourth-order valence-corrected chi connectivity index (χ4v) is 2.28. The van der Waals surface area contributed by atoms with Crippen LogP contribution in [0.3, 0.4) is 0 Å². The minimum Gasteiger partial charge on any atom is -0.400 e. The van der Waals surface area contributed by atoms with E-state index in [1.165, 1.54) is 12.1 Å². The highest BCUT2D eigenvalue weighted by Crippen LogP contribution is 2.06. The molecule has 0 saturated heterocycles. The van der Waals surface area contributed by atoms with Crippen molar-refractivity contribution in [3.05, 3.63) is 35.6 Å². The summed E-state index contributed by atoms with van der Waals surface area (Å²) in [4.78, 5) is 0. The van der Waals surface area contributed by atoms with E-state index in [2.05, 4.69) is 0 Å². The molecule has 0 spiro atoms. The molecule has 0 saturated carbocycles. The van der Waals surface area contributed by atoms with Gasteiger partial charge in [0.1, 0.15) is 5.82 Å². The molecule has 0 aliphatic heterocycles. The van der Waals surface area contributed by atoms with Gasteiger partial charge in [-0.25, -0.2) is 4.39 Å². The average molecular weight is 200 g/mol. The quantitative estimate of drug-likeness (QED) is 0.684. The first kappa shape index (κ1) is 10.4. The van der Waals surface area contributed by atoms with E-state index in [9.17, 15) is 4.39 Å². The first-order valence-corrected chi connectivity index (χ1v) is 5.82. The molecular formula is C9H13FO2Si. The monoisotopic (exact) mass is 200 g/mol. The van der Waals surface area contributed by atoms with Gasteiger partial charge >= 0.3 is 9.28 Å². The molecule has 0 N–H and O–H groups in total. The van der Waals surface area contributed by atoms with Crippen molar-refractivity contribution in [2.75, 3.05) is 14.2 Å². The van der Waals surface area contributed by atoms with E-state index in [0.717, 1.165) is 5.56 Å². The third kappa shape index (κ3) is 3.26. The summed E-state index contributed by atoms with van der Waals surface area (Å²) >= 11 is 0. The molecule has 0 aromatic heterocycles. The normalized spacial score (nSPS) is 10.8. The smallest absolute Gasteiger partial charge is 0.325 e. The second kappa shape index (κ2) is 5.11. The summed E-state index contributed by atoms with van der Waals surface area (Å²) in [6.07, 6.45) is 0. The fourth-order valence-electron chi connectivity index (χ4n) is 1.12. The number of hydrogen-bond donors (Lipinski definition) is 0. The van der Waals surface area contributed by atoms with Crippen molar-refractivity contribution in [1.29, 1.82) is 0 Å². The Hall–Kier alpha value is -0.713. The van der Waals surface area contributed by atoms with Gasteiger partial charge < -0.3 is 8.85 Å². The molecule has 0 heterocycles. The van der Waals surface area contributed by atoms with Gasteiger partial charge in [-0.2, -0.15) is 0 Å². The van der Waals surface area contributed by atoms with Gasteiger partial charge in [-0.05, 0) is 17.7 Å². The van der Waals surface area contributed by atoms with Crippen molar-refractivity contribution in [3.8, 4) is 0 Å². The zero-order valence-electron chi connectivity index (χ0n) is 7.79. The number of hydrogen-bond acceptors (Lipinski definition) is 2. The van der Waals surface area contributed by atoms with Crippen molar-refractivity contribution in [2.45, 2.75) is 6.04 Å². The van der Waals surface area contributed by atoms with Crippen LogP contribution in [-0.2, 0) is 14.9 Å². The highest BCUT2D eigenvalue weighted by atomic mass is 28.3. The van der Waals surface area contributed by atoms with Crippen LogP contribution in [0.15, 0.2) is 24.3 Å². The van der Waals surface area contributed by atoms with Crippen molar-refractivity contribution in [1.82, 2.24) is 0 Å². The standard InChI is InChI=1S/C9H13FO2Si/c1-11-13(12-2)7-8-4-3-5-9(10)6-8/h3-6,13H,7H2,1-2H3. The SMILES string of the molecule is CO[SiH](Cc1cccc(F)c1)OC. The first-order chi connectivity index (χ1) is 6.26. The molecule has 0 fully saturated rings. The van der Waals surface area contributed by atoms with Gasteiger partial charge in [0.15, 0.2) is 0 Å².